The molecule has 0 N–H and O–H groups in total. The van der Waals surface area contributed by atoms with Crippen LogP contribution >= 0.6 is 11.8 Å². The van der Waals surface area contributed by atoms with Gasteiger partial charge in [0.05, 0.1) is 5.03 Å². The standard InChI is InChI=1S/C15H11NO2S/c17-15-9-11(10-19-14-7-3-4-8-16-14)12-5-1-2-6-13(12)18-15/h1-9H,10H2. The fourth-order valence-corrected chi connectivity index (χ4v) is 2.73. The highest BCUT2D eigenvalue weighted by molar-refractivity contribution is 7.98. The van der Waals surface area contributed by atoms with Gasteiger partial charge in [-0.05, 0) is 23.8 Å². The van der Waals surface area contributed by atoms with Gasteiger partial charge < -0.3 is 4.42 Å². The van der Waals surface area contributed by atoms with Gasteiger partial charge in [0.2, 0.25) is 0 Å². The molecule has 0 aliphatic heterocycles. The number of para-hydroxylation sites is 1. The van der Waals surface area contributed by atoms with E-state index in [2.05, 4.69) is 4.98 Å². The highest BCUT2D eigenvalue weighted by Gasteiger charge is 2.05. The molecular weight excluding hydrogens is 258 g/mol. The maximum Gasteiger partial charge on any atom is 0.336 e. The van der Waals surface area contributed by atoms with Crippen molar-refractivity contribution in [2.75, 3.05) is 0 Å². The molecule has 0 spiro atoms. The quantitative estimate of drug-likeness (QED) is 0.539. The highest BCUT2D eigenvalue weighted by Crippen LogP contribution is 2.24. The molecule has 0 amide bonds. The topological polar surface area (TPSA) is 43.1 Å². The Bertz CT molecular complexity index is 753. The first kappa shape index (κ1) is 12.0. The third-order valence-corrected chi connectivity index (χ3v) is 3.74. The smallest absolute Gasteiger partial charge is 0.336 e. The molecule has 19 heavy (non-hydrogen) atoms. The SMILES string of the molecule is O=c1cc(CSc2ccccn2)c2ccccc2o1. The van der Waals surface area contributed by atoms with Crippen molar-refractivity contribution in [3.05, 3.63) is 70.7 Å². The summed E-state index contributed by atoms with van der Waals surface area (Å²) < 4.78 is 5.17. The molecular formula is C15H11NO2S. The zero-order chi connectivity index (χ0) is 13.1. The van der Waals surface area contributed by atoms with E-state index in [0.29, 0.717) is 11.3 Å². The summed E-state index contributed by atoms with van der Waals surface area (Å²) in [4.78, 5) is 15.8. The van der Waals surface area contributed by atoms with Crippen LogP contribution in [0.1, 0.15) is 5.56 Å². The molecule has 0 aliphatic carbocycles. The van der Waals surface area contributed by atoms with Crippen LogP contribution in [0, 0.1) is 0 Å². The summed E-state index contributed by atoms with van der Waals surface area (Å²) in [6.45, 7) is 0. The van der Waals surface area contributed by atoms with E-state index < -0.39 is 0 Å². The second kappa shape index (κ2) is 5.28. The molecule has 3 aromatic rings. The van der Waals surface area contributed by atoms with Gasteiger partial charge in [-0.1, -0.05) is 24.3 Å². The maximum atomic E-state index is 11.5. The van der Waals surface area contributed by atoms with Crippen LogP contribution in [0.15, 0.2) is 69.0 Å². The van der Waals surface area contributed by atoms with Crippen molar-refractivity contribution in [1.82, 2.24) is 4.98 Å². The first-order chi connectivity index (χ1) is 9.33. The third-order valence-electron chi connectivity index (χ3n) is 2.75. The van der Waals surface area contributed by atoms with Gasteiger partial charge in [0, 0.05) is 23.4 Å². The van der Waals surface area contributed by atoms with Crippen molar-refractivity contribution < 1.29 is 4.42 Å². The summed E-state index contributed by atoms with van der Waals surface area (Å²) in [5, 5.41) is 1.92. The molecule has 0 aliphatic rings. The highest BCUT2D eigenvalue weighted by atomic mass is 32.2. The van der Waals surface area contributed by atoms with Gasteiger partial charge in [-0.15, -0.1) is 11.8 Å². The van der Waals surface area contributed by atoms with Gasteiger partial charge in [-0.2, -0.15) is 0 Å². The van der Waals surface area contributed by atoms with Gasteiger partial charge in [0.15, 0.2) is 0 Å². The Balaban J connectivity index is 1.94. The first-order valence-electron chi connectivity index (χ1n) is 5.88. The second-order valence-corrected chi connectivity index (χ2v) is 5.04. The van der Waals surface area contributed by atoms with E-state index in [0.717, 1.165) is 16.0 Å². The fourth-order valence-electron chi connectivity index (χ4n) is 1.88. The Morgan fingerprint density at radius 1 is 1.11 bits per heavy atom. The number of fused-ring (bicyclic) bond motifs is 1. The van der Waals surface area contributed by atoms with Gasteiger partial charge in [-0.3, -0.25) is 0 Å². The number of rotatable bonds is 3. The zero-order valence-corrected chi connectivity index (χ0v) is 10.9. The Morgan fingerprint density at radius 3 is 2.79 bits per heavy atom. The molecule has 1 aromatic carbocycles. The van der Waals surface area contributed by atoms with Crippen LogP contribution in [0.4, 0.5) is 0 Å². The van der Waals surface area contributed by atoms with Gasteiger partial charge in [0.25, 0.3) is 0 Å². The van der Waals surface area contributed by atoms with E-state index in [1.54, 1.807) is 24.0 Å². The average Bonchev–Trinajstić information content (AvgIpc) is 2.45. The minimum Gasteiger partial charge on any atom is -0.423 e. The Morgan fingerprint density at radius 2 is 1.95 bits per heavy atom. The molecule has 0 saturated heterocycles. The largest absolute Gasteiger partial charge is 0.423 e. The lowest BCUT2D eigenvalue weighted by molar-refractivity contribution is 0.559. The lowest BCUT2D eigenvalue weighted by Crippen LogP contribution is -1.99. The fraction of sp³-hybridized carbons (Fsp3) is 0.0667. The molecule has 3 nitrogen and oxygen atoms in total. The summed E-state index contributed by atoms with van der Waals surface area (Å²) >= 11 is 1.61. The minimum atomic E-state index is -0.310. The molecule has 3 rings (SSSR count). The van der Waals surface area contributed by atoms with Crippen LogP contribution in [0.25, 0.3) is 11.0 Å². The Kier molecular flexibility index (Phi) is 3.33. The number of pyridine rings is 1. The Hall–Kier alpha value is -2.07. The van der Waals surface area contributed by atoms with Crippen LogP contribution in [0.2, 0.25) is 0 Å². The van der Waals surface area contributed by atoms with Gasteiger partial charge in [0.1, 0.15) is 5.58 Å². The number of hydrogen-bond donors (Lipinski definition) is 0. The molecule has 0 saturated carbocycles. The van der Waals surface area contributed by atoms with Crippen LogP contribution < -0.4 is 5.63 Å². The Labute approximate surface area is 114 Å². The van der Waals surface area contributed by atoms with Crippen molar-refractivity contribution in [1.29, 1.82) is 0 Å². The number of nitrogens with zero attached hydrogens (tertiary/aromatic N) is 1. The summed E-state index contributed by atoms with van der Waals surface area (Å²) in [6, 6.07) is 14.9. The molecule has 0 atom stereocenters. The summed E-state index contributed by atoms with van der Waals surface area (Å²) in [5.74, 6) is 0.698. The number of thioether (sulfide) groups is 1. The van der Waals surface area contributed by atoms with Crippen molar-refractivity contribution in [3.8, 4) is 0 Å². The van der Waals surface area contributed by atoms with E-state index in [1.165, 1.54) is 0 Å². The van der Waals surface area contributed by atoms with E-state index in [9.17, 15) is 4.79 Å². The van der Waals surface area contributed by atoms with E-state index >= 15 is 0 Å². The van der Waals surface area contributed by atoms with E-state index in [4.69, 9.17) is 4.42 Å². The minimum absolute atomic E-state index is 0.310. The van der Waals surface area contributed by atoms with Crippen molar-refractivity contribution in [2.45, 2.75) is 10.8 Å². The van der Waals surface area contributed by atoms with Gasteiger partial charge >= 0.3 is 5.63 Å². The first-order valence-corrected chi connectivity index (χ1v) is 6.87. The van der Waals surface area contributed by atoms with E-state index in [1.807, 2.05) is 42.5 Å². The monoisotopic (exact) mass is 269 g/mol. The number of benzene rings is 1. The lowest BCUT2D eigenvalue weighted by atomic mass is 10.1. The van der Waals surface area contributed by atoms with Crippen LogP contribution in [0.3, 0.4) is 0 Å². The summed E-state index contributed by atoms with van der Waals surface area (Å²) in [6.07, 6.45) is 1.76. The lowest BCUT2D eigenvalue weighted by Gasteiger charge is -2.04. The summed E-state index contributed by atoms with van der Waals surface area (Å²) in [5.41, 5.74) is 1.30. The molecule has 0 bridgehead atoms. The number of aromatic nitrogens is 1. The molecule has 2 heterocycles. The zero-order valence-electron chi connectivity index (χ0n) is 10.1. The molecule has 94 valence electrons. The molecule has 0 fully saturated rings. The maximum absolute atomic E-state index is 11.5. The number of hydrogen-bond acceptors (Lipinski definition) is 4. The predicted molar refractivity (Wildman–Crippen MR) is 76.3 cm³/mol. The molecule has 4 heteroatoms. The van der Waals surface area contributed by atoms with Crippen molar-refractivity contribution >= 4 is 22.7 Å². The van der Waals surface area contributed by atoms with Gasteiger partial charge in [-0.25, -0.2) is 9.78 Å². The second-order valence-electron chi connectivity index (χ2n) is 4.04. The summed E-state index contributed by atoms with van der Waals surface area (Å²) in [7, 11) is 0. The molecule has 2 aromatic heterocycles. The average molecular weight is 269 g/mol. The van der Waals surface area contributed by atoms with Crippen LogP contribution in [0.5, 0.6) is 0 Å². The predicted octanol–water partition coefficient (Wildman–Crippen LogP) is 3.48. The third kappa shape index (κ3) is 2.69. The van der Waals surface area contributed by atoms with Crippen molar-refractivity contribution in [3.63, 3.8) is 0 Å². The van der Waals surface area contributed by atoms with E-state index in [-0.39, 0.29) is 5.63 Å². The molecule has 0 radical (unpaired) electrons. The molecule has 0 unspecified atom stereocenters. The van der Waals surface area contributed by atoms with Crippen LogP contribution in [-0.4, -0.2) is 4.98 Å². The van der Waals surface area contributed by atoms with Crippen molar-refractivity contribution in [2.24, 2.45) is 0 Å². The normalized spacial score (nSPS) is 10.7. The van der Waals surface area contributed by atoms with Crippen LogP contribution in [-0.2, 0) is 5.75 Å².